The molecule has 0 spiro atoms. The van der Waals surface area contributed by atoms with Crippen molar-refractivity contribution < 1.29 is 9.72 Å². The summed E-state index contributed by atoms with van der Waals surface area (Å²) in [5.74, 6) is -0.115. The molecule has 1 aliphatic heterocycles. The zero-order chi connectivity index (χ0) is 16.8. The monoisotopic (exact) mass is 321 g/mol. The van der Waals surface area contributed by atoms with E-state index in [2.05, 4.69) is 0 Å². The van der Waals surface area contributed by atoms with Crippen LogP contribution in [0, 0.1) is 10.1 Å². The minimum Gasteiger partial charge on any atom is -0.334 e. The second-order valence-electron chi connectivity index (χ2n) is 5.86. The van der Waals surface area contributed by atoms with Crippen LogP contribution in [0.3, 0.4) is 0 Å². The van der Waals surface area contributed by atoms with Crippen LogP contribution in [-0.2, 0) is 13.5 Å². The highest BCUT2D eigenvalue weighted by Gasteiger charge is 2.32. The molecule has 1 aromatic heterocycles. The van der Waals surface area contributed by atoms with Gasteiger partial charge in [0, 0.05) is 30.7 Å². The second-order valence-corrected chi connectivity index (χ2v) is 5.86. The van der Waals surface area contributed by atoms with Crippen molar-refractivity contribution in [1.82, 2.24) is 4.57 Å². The Kier molecular flexibility index (Phi) is 3.13. The lowest BCUT2D eigenvalue weighted by Gasteiger charge is -2.27. The van der Waals surface area contributed by atoms with Crippen molar-refractivity contribution in [1.29, 1.82) is 0 Å². The highest BCUT2D eigenvalue weighted by molar-refractivity contribution is 6.12. The van der Waals surface area contributed by atoms with Crippen molar-refractivity contribution in [2.45, 2.75) is 6.42 Å². The van der Waals surface area contributed by atoms with Crippen LogP contribution in [0.4, 0.5) is 11.4 Å². The third kappa shape index (κ3) is 1.93. The molecular weight excluding hydrogens is 306 g/mol. The van der Waals surface area contributed by atoms with E-state index < -0.39 is 4.92 Å². The maximum Gasteiger partial charge on any atom is 0.293 e. The Bertz CT molecular complexity index is 976. The molecule has 0 N–H and O–H groups in total. The predicted octanol–water partition coefficient (Wildman–Crippen LogP) is 3.29. The molecule has 1 amide bonds. The Hall–Kier alpha value is -3.15. The largest absolute Gasteiger partial charge is 0.334 e. The molecule has 6 nitrogen and oxygen atoms in total. The quantitative estimate of drug-likeness (QED) is 0.537. The van der Waals surface area contributed by atoms with E-state index in [0.29, 0.717) is 24.2 Å². The van der Waals surface area contributed by atoms with Gasteiger partial charge in [-0.05, 0) is 24.1 Å². The van der Waals surface area contributed by atoms with Gasteiger partial charge >= 0.3 is 0 Å². The summed E-state index contributed by atoms with van der Waals surface area (Å²) in [6.45, 7) is 0.567. The SMILES string of the molecule is Cn1c2c(c3cccc([N+](=O)[O-])c31)CCN(c1ccccc1)C2=O. The molecule has 24 heavy (non-hydrogen) atoms. The molecule has 3 aromatic rings. The first kappa shape index (κ1) is 14.4. The molecular formula is C18H15N3O3. The number of nitrogens with zero attached hydrogens (tertiary/aromatic N) is 3. The average molecular weight is 321 g/mol. The Morgan fingerprint density at radius 2 is 1.83 bits per heavy atom. The number of para-hydroxylation sites is 2. The third-order valence-electron chi connectivity index (χ3n) is 4.59. The van der Waals surface area contributed by atoms with E-state index in [1.54, 1.807) is 22.6 Å². The van der Waals surface area contributed by atoms with Crippen molar-refractivity contribution in [3.63, 3.8) is 0 Å². The number of anilines is 1. The topological polar surface area (TPSA) is 68.4 Å². The number of rotatable bonds is 2. The predicted molar refractivity (Wildman–Crippen MR) is 91.4 cm³/mol. The van der Waals surface area contributed by atoms with Gasteiger partial charge in [0.15, 0.2) is 0 Å². The normalized spacial score (nSPS) is 14.0. The lowest BCUT2D eigenvalue weighted by Crippen LogP contribution is -2.38. The van der Waals surface area contributed by atoms with Crippen LogP contribution in [0.15, 0.2) is 48.5 Å². The van der Waals surface area contributed by atoms with E-state index in [0.717, 1.165) is 16.6 Å². The minimum absolute atomic E-state index is 0.0310. The van der Waals surface area contributed by atoms with Gasteiger partial charge in [0.2, 0.25) is 0 Å². The van der Waals surface area contributed by atoms with Gasteiger partial charge in [-0.1, -0.05) is 30.3 Å². The van der Waals surface area contributed by atoms with Crippen molar-refractivity contribution in [2.75, 3.05) is 11.4 Å². The number of carbonyl (C=O) groups excluding carboxylic acids is 1. The summed E-state index contributed by atoms with van der Waals surface area (Å²) in [4.78, 5) is 25.7. The molecule has 0 bridgehead atoms. The standard InChI is InChI=1S/C18H15N3O3/c1-19-16-13(8-5-9-15(16)21(23)24)14-10-11-20(18(22)17(14)19)12-6-3-2-4-7-12/h2-9H,10-11H2,1H3. The minimum atomic E-state index is -0.396. The summed E-state index contributed by atoms with van der Waals surface area (Å²) < 4.78 is 1.67. The molecule has 0 aliphatic carbocycles. The Morgan fingerprint density at radius 3 is 2.54 bits per heavy atom. The van der Waals surface area contributed by atoms with Crippen LogP contribution < -0.4 is 4.90 Å². The van der Waals surface area contributed by atoms with E-state index in [9.17, 15) is 14.9 Å². The van der Waals surface area contributed by atoms with Crippen molar-refractivity contribution in [3.05, 3.63) is 69.9 Å². The molecule has 6 heteroatoms. The van der Waals surface area contributed by atoms with Crippen LogP contribution in [0.25, 0.3) is 10.9 Å². The van der Waals surface area contributed by atoms with E-state index in [1.165, 1.54) is 6.07 Å². The second kappa shape index (κ2) is 5.19. The van der Waals surface area contributed by atoms with E-state index >= 15 is 0 Å². The molecule has 0 atom stereocenters. The molecule has 0 fully saturated rings. The number of aryl methyl sites for hydroxylation is 1. The number of non-ortho nitro benzene ring substituents is 1. The highest BCUT2D eigenvalue weighted by atomic mass is 16.6. The molecule has 0 radical (unpaired) electrons. The van der Waals surface area contributed by atoms with Crippen molar-refractivity contribution >= 4 is 28.2 Å². The summed E-state index contributed by atoms with van der Waals surface area (Å²) in [6, 6.07) is 14.5. The smallest absolute Gasteiger partial charge is 0.293 e. The summed E-state index contributed by atoms with van der Waals surface area (Å²) in [5, 5.41) is 12.1. The van der Waals surface area contributed by atoms with Gasteiger partial charge in [-0.3, -0.25) is 14.9 Å². The van der Waals surface area contributed by atoms with Gasteiger partial charge in [-0.25, -0.2) is 0 Å². The first-order valence-corrected chi connectivity index (χ1v) is 7.71. The number of aromatic nitrogens is 1. The third-order valence-corrected chi connectivity index (χ3v) is 4.59. The fraction of sp³-hybridized carbons (Fsp3) is 0.167. The first-order valence-electron chi connectivity index (χ1n) is 7.71. The van der Waals surface area contributed by atoms with Gasteiger partial charge in [0.05, 0.1) is 4.92 Å². The molecule has 2 aromatic carbocycles. The number of benzene rings is 2. The maximum absolute atomic E-state index is 13.0. The summed E-state index contributed by atoms with van der Waals surface area (Å²) in [5.41, 5.74) is 2.81. The summed E-state index contributed by atoms with van der Waals surface area (Å²) in [6.07, 6.45) is 0.675. The van der Waals surface area contributed by atoms with Gasteiger partial charge < -0.3 is 9.47 Å². The number of carbonyl (C=O) groups is 1. The van der Waals surface area contributed by atoms with Gasteiger partial charge in [-0.2, -0.15) is 0 Å². The van der Waals surface area contributed by atoms with Crippen LogP contribution >= 0.6 is 0 Å². The molecule has 120 valence electrons. The van der Waals surface area contributed by atoms with Crippen molar-refractivity contribution in [2.24, 2.45) is 7.05 Å². The molecule has 0 saturated carbocycles. The Labute approximate surface area is 138 Å². The fourth-order valence-corrected chi connectivity index (χ4v) is 3.55. The molecule has 0 saturated heterocycles. The van der Waals surface area contributed by atoms with E-state index in [4.69, 9.17) is 0 Å². The average Bonchev–Trinajstić information content (AvgIpc) is 2.89. The van der Waals surface area contributed by atoms with Gasteiger partial charge in [0.1, 0.15) is 11.2 Å². The Morgan fingerprint density at radius 1 is 1.08 bits per heavy atom. The summed E-state index contributed by atoms with van der Waals surface area (Å²) in [7, 11) is 1.72. The zero-order valence-electron chi connectivity index (χ0n) is 13.1. The van der Waals surface area contributed by atoms with E-state index in [-0.39, 0.29) is 11.6 Å². The number of hydrogen-bond donors (Lipinski definition) is 0. The van der Waals surface area contributed by atoms with Gasteiger partial charge in [0.25, 0.3) is 11.6 Å². The first-order chi connectivity index (χ1) is 11.6. The fourth-order valence-electron chi connectivity index (χ4n) is 3.55. The number of fused-ring (bicyclic) bond motifs is 3. The van der Waals surface area contributed by atoms with E-state index in [1.807, 2.05) is 36.4 Å². The molecule has 4 rings (SSSR count). The van der Waals surface area contributed by atoms with Gasteiger partial charge in [-0.15, -0.1) is 0 Å². The van der Waals surface area contributed by atoms with Crippen LogP contribution in [0.1, 0.15) is 16.1 Å². The Balaban J connectivity index is 1.93. The molecule has 2 heterocycles. The summed E-state index contributed by atoms with van der Waals surface area (Å²) >= 11 is 0. The lowest BCUT2D eigenvalue weighted by molar-refractivity contribution is -0.383. The number of hydrogen-bond acceptors (Lipinski definition) is 3. The number of amides is 1. The van der Waals surface area contributed by atoms with Crippen LogP contribution in [0.5, 0.6) is 0 Å². The lowest BCUT2D eigenvalue weighted by atomic mass is 10.0. The maximum atomic E-state index is 13.0. The number of nitro groups is 1. The van der Waals surface area contributed by atoms with Crippen LogP contribution in [0.2, 0.25) is 0 Å². The zero-order valence-corrected chi connectivity index (χ0v) is 13.1. The van der Waals surface area contributed by atoms with Crippen LogP contribution in [-0.4, -0.2) is 21.9 Å². The number of nitro benzene ring substituents is 1. The highest BCUT2D eigenvalue weighted by Crippen LogP contribution is 2.35. The van der Waals surface area contributed by atoms with Crippen molar-refractivity contribution in [3.8, 4) is 0 Å². The molecule has 1 aliphatic rings. The molecule has 0 unspecified atom stereocenters.